The summed E-state index contributed by atoms with van der Waals surface area (Å²) in [4.78, 5) is 12.3. The number of ether oxygens (including phenoxy) is 3. The first-order chi connectivity index (χ1) is 9.16. The first kappa shape index (κ1) is 14.8. The lowest BCUT2D eigenvalue weighted by molar-refractivity contribution is -0.158. The lowest BCUT2D eigenvalue weighted by atomic mass is 9.86. The van der Waals surface area contributed by atoms with Crippen LogP contribution >= 0.6 is 0 Å². The molecule has 3 unspecified atom stereocenters. The van der Waals surface area contributed by atoms with Gasteiger partial charge in [-0.05, 0) is 33.1 Å². The predicted molar refractivity (Wildman–Crippen MR) is 71.0 cm³/mol. The topological polar surface area (TPSA) is 56.8 Å². The van der Waals surface area contributed by atoms with Crippen molar-refractivity contribution in [3.8, 4) is 0 Å². The Labute approximate surface area is 115 Å². The van der Waals surface area contributed by atoms with Gasteiger partial charge in [0.2, 0.25) is 0 Å². The Balaban J connectivity index is 1.97. The number of nitrogens with one attached hydrogen (secondary N) is 1. The minimum atomic E-state index is -0.598. The minimum Gasteiger partial charge on any atom is -0.465 e. The Bertz CT molecular complexity index is 304. The Kier molecular flexibility index (Phi) is 5.19. The van der Waals surface area contributed by atoms with Crippen molar-refractivity contribution in [1.82, 2.24) is 5.32 Å². The monoisotopic (exact) mass is 271 g/mol. The van der Waals surface area contributed by atoms with Crippen LogP contribution in [0.3, 0.4) is 0 Å². The van der Waals surface area contributed by atoms with E-state index in [-0.39, 0.29) is 18.2 Å². The molecule has 3 atom stereocenters. The maximum absolute atomic E-state index is 12.3. The van der Waals surface area contributed by atoms with E-state index in [1.54, 1.807) is 0 Å². The van der Waals surface area contributed by atoms with E-state index in [9.17, 15) is 4.79 Å². The molecule has 2 rings (SSSR count). The molecular weight excluding hydrogens is 246 g/mol. The van der Waals surface area contributed by atoms with E-state index >= 15 is 0 Å². The fourth-order valence-corrected chi connectivity index (χ4v) is 2.89. The van der Waals surface area contributed by atoms with Gasteiger partial charge in [-0.15, -0.1) is 0 Å². The Morgan fingerprint density at radius 2 is 2.26 bits per heavy atom. The normalized spacial score (nSPS) is 35.3. The molecule has 2 heterocycles. The molecule has 2 saturated heterocycles. The summed E-state index contributed by atoms with van der Waals surface area (Å²) in [5.41, 5.74) is -0.598. The molecule has 5 heteroatoms. The van der Waals surface area contributed by atoms with Crippen LogP contribution in [0.2, 0.25) is 0 Å². The smallest absolute Gasteiger partial charge is 0.326 e. The van der Waals surface area contributed by atoms with Crippen molar-refractivity contribution in [3.63, 3.8) is 0 Å². The van der Waals surface area contributed by atoms with Crippen molar-refractivity contribution in [1.29, 1.82) is 0 Å². The first-order valence-electron chi connectivity index (χ1n) is 7.32. The van der Waals surface area contributed by atoms with Gasteiger partial charge in [0.05, 0.1) is 18.8 Å². The van der Waals surface area contributed by atoms with E-state index in [2.05, 4.69) is 5.32 Å². The molecule has 2 aliphatic heterocycles. The molecule has 2 fully saturated rings. The van der Waals surface area contributed by atoms with Gasteiger partial charge < -0.3 is 14.2 Å². The summed E-state index contributed by atoms with van der Waals surface area (Å²) in [6, 6.07) is 0. The molecule has 2 aliphatic rings. The van der Waals surface area contributed by atoms with Gasteiger partial charge >= 0.3 is 5.97 Å². The summed E-state index contributed by atoms with van der Waals surface area (Å²) < 4.78 is 16.4. The molecule has 0 saturated carbocycles. The zero-order chi connectivity index (χ0) is 13.7. The zero-order valence-electron chi connectivity index (χ0n) is 11.9. The van der Waals surface area contributed by atoms with Crippen LogP contribution in [0.25, 0.3) is 0 Å². The lowest BCUT2D eigenvalue weighted by Gasteiger charge is -2.39. The highest BCUT2D eigenvalue weighted by Gasteiger charge is 2.43. The summed E-state index contributed by atoms with van der Waals surface area (Å²) in [6.45, 7) is 6.40. The largest absolute Gasteiger partial charge is 0.465 e. The lowest BCUT2D eigenvalue weighted by Crippen LogP contribution is -2.59. The molecule has 0 aromatic heterocycles. The number of esters is 1. The third kappa shape index (κ3) is 3.68. The number of hydrogen-bond donors (Lipinski definition) is 1. The quantitative estimate of drug-likeness (QED) is 0.763. The third-order valence-electron chi connectivity index (χ3n) is 3.93. The van der Waals surface area contributed by atoms with Crippen molar-refractivity contribution >= 4 is 5.97 Å². The maximum Gasteiger partial charge on any atom is 0.326 e. The molecule has 1 N–H and O–H groups in total. The van der Waals surface area contributed by atoms with Gasteiger partial charge in [0.1, 0.15) is 5.54 Å². The molecule has 0 aromatic carbocycles. The van der Waals surface area contributed by atoms with Crippen molar-refractivity contribution in [2.24, 2.45) is 0 Å². The molecule has 0 aliphatic carbocycles. The van der Waals surface area contributed by atoms with Gasteiger partial charge in [-0.2, -0.15) is 0 Å². The van der Waals surface area contributed by atoms with E-state index in [0.29, 0.717) is 32.6 Å². The van der Waals surface area contributed by atoms with Gasteiger partial charge in [-0.3, -0.25) is 10.1 Å². The van der Waals surface area contributed by atoms with Crippen LogP contribution < -0.4 is 5.32 Å². The average molecular weight is 271 g/mol. The van der Waals surface area contributed by atoms with Crippen molar-refractivity contribution in [3.05, 3.63) is 0 Å². The fraction of sp³-hybridized carbons (Fsp3) is 0.929. The standard InChI is InChI=1S/C14H25NO4/c1-3-17-13(16)14(6-8-18-11(2)9-14)15-10-12-5-4-7-19-12/h11-12,15H,3-10H2,1-2H3. The summed E-state index contributed by atoms with van der Waals surface area (Å²) in [5, 5.41) is 3.41. The van der Waals surface area contributed by atoms with Crippen LogP contribution in [0.4, 0.5) is 0 Å². The highest BCUT2D eigenvalue weighted by atomic mass is 16.5. The second-order valence-electron chi connectivity index (χ2n) is 5.45. The Morgan fingerprint density at radius 1 is 1.42 bits per heavy atom. The van der Waals surface area contributed by atoms with Crippen molar-refractivity contribution < 1.29 is 19.0 Å². The van der Waals surface area contributed by atoms with Crippen LogP contribution in [0.15, 0.2) is 0 Å². The zero-order valence-corrected chi connectivity index (χ0v) is 11.9. The molecule has 19 heavy (non-hydrogen) atoms. The van der Waals surface area contributed by atoms with E-state index in [1.165, 1.54) is 0 Å². The second kappa shape index (κ2) is 6.68. The van der Waals surface area contributed by atoms with Gasteiger partial charge in [-0.25, -0.2) is 0 Å². The molecule has 110 valence electrons. The Hall–Kier alpha value is -0.650. The number of hydrogen-bond acceptors (Lipinski definition) is 5. The van der Waals surface area contributed by atoms with E-state index in [0.717, 1.165) is 19.4 Å². The minimum absolute atomic E-state index is 0.0788. The molecule has 0 amide bonds. The van der Waals surface area contributed by atoms with E-state index in [1.807, 2.05) is 13.8 Å². The van der Waals surface area contributed by atoms with Crippen LogP contribution in [-0.4, -0.2) is 50.1 Å². The maximum atomic E-state index is 12.3. The van der Waals surface area contributed by atoms with Crippen LogP contribution in [0.1, 0.15) is 39.5 Å². The summed E-state index contributed by atoms with van der Waals surface area (Å²) >= 11 is 0. The molecule has 0 bridgehead atoms. The van der Waals surface area contributed by atoms with Gasteiger partial charge in [0.25, 0.3) is 0 Å². The van der Waals surface area contributed by atoms with Gasteiger partial charge in [0, 0.05) is 26.2 Å². The number of carbonyl (C=O) groups excluding carboxylic acids is 1. The van der Waals surface area contributed by atoms with Crippen LogP contribution in [0.5, 0.6) is 0 Å². The molecular formula is C14H25NO4. The average Bonchev–Trinajstić information content (AvgIpc) is 2.90. The van der Waals surface area contributed by atoms with E-state index in [4.69, 9.17) is 14.2 Å². The summed E-state index contributed by atoms with van der Waals surface area (Å²) in [6.07, 6.45) is 3.82. The highest BCUT2D eigenvalue weighted by molar-refractivity contribution is 5.81. The first-order valence-corrected chi connectivity index (χ1v) is 7.32. The number of carbonyl (C=O) groups is 1. The number of rotatable bonds is 5. The van der Waals surface area contributed by atoms with Crippen LogP contribution in [0, 0.1) is 0 Å². The van der Waals surface area contributed by atoms with Crippen LogP contribution in [-0.2, 0) is 19.0 Å². The van der Waals surface area contributed by atoms with Gasteiger partial charge in [-0.1, -0.05) is 0 Å². The molecule has 0 aromatic rings. The summed E-state index contributed by atoms with van der Waals surface area (Å²) in [5.74, 6) is -0.150. The third-order valence-corrected chi connectivity index (χ3v) is 3.93. The predicted octanol–water partition coefficient (Wildman–Crippen LogP) is 1.26. The Morgan fingerprint density at radius 3 is 2.89 bits per heavy atom. The molecule has 0 radical (unpaired) electrons. The van der Waals surface area contributed by atoms with Gasteiger partial charge in [0.15, 0.2) is 0 Å². The second-order valence-corrected chi connectivity index (χ2v) is 5.45. The highest BCUT2D eigenvalue weighted by Crippen LogP contribution is 2.27. The van der Waals surface area contributed by atoms with Crippen molar-refractivity contribution in [2.75, 3.05) is 26.4 Å². The fourth-order valence-electron chi connectivity index (χ4n) is 2.89. The van der Waals surface area contributed by atoms with E-state index < -0.39 is 5.54 Å². The molecule has 0 spiro atoms. The van der Waals surface area contributed by atoms with Crippen molar-refractivity contribution in [2.45, 2.75) is 57.3 Å². The molecule has 5 nitrogen and oxygen atoms in total. The summed E-state index contributed by atoms with van der Waals surface area (Å²) in [7, 11) is 0. The SMILES string of the molecule is CCOC(=O)C1(NCC2CCCO2)CCOC(C)C1.